The third-order valence-electron chi connectivity index (χ3n) is 2.74. The van der Waals surface area contributed by atoms with Crippen LogP contribution >= 0.6 is 0 Å². The molecule has 0 heterocycles. The molecule has 0 aliphatic rings. The fourth-order valence-electron chi connectivity index (χ4n) is 1.55. The van der Waals surface area contributed by atoms with Gasteiger partial charge in [0.15, 0.2) is 0 Å². The Hall–Kier alpha value is -1.70. The summed E-state index contributed by atoms with van der Waals surface area (Å²) in [7, 11) is 1.69. The zero-order valence-electron chi connectivity index (χ0n) is 10.8. The molecule has 0 aliphatic heterocycles. The molecule has 0 fully saturated rings. The highest BCUT2D eigenvalue weighted by Gasteiger charge is 2.01. The van der Waals surface area contributed by atoms with Crippen molar-refractivity contribution in [2.45, 2.75) is 26.3 Å². The second kappa shape index (κ2) is 6.79. The Morgan fingerprint density at radius 2 is 2.24 bits per heavy atom. The molecule has 1 aromatic carbocycles. The van der Waals surface area contributed by atoms with Crippen molar-refractivity contribution < 1.29 is 4.74 Å². The van der Waals surface area contributed by atoms with Crippen LogP contribution in [-0.2, 0) is 6.54 Å². The van der Waals surface area contributed by atoms with Crippen molar-refractivity contribution in [1.82, 2.24) is 5.32 Å². The van der Waals surface area contributed by atoms with Gasteiger partial charge in [-0.1, -0.05) is 18.7 Å². The molecule has 2 heteroatoms. The molecule has 0 unspecified atom stereocenters. The van der Waals surface area contributed by atoms with E-state index in [1.54, 1.807) is 7.11 Å². The average molecular weight is 231 g/mol. The van der Waals surface area contributed by atoms with Crippen molar-refractivity contribution in [2.75, 3.05) is 7.11 Å². The summed E-state index contributed by atoms with van der Waals surface area (Å²) in [6, 6.07) is 6.11. The Kier molecular flexibility index (Phi) is 5.34. The van der Waals surface area contributed by atoms with Gasteiger partial charge in [0.1, 0.15) is 5.75 Å². The lowest BCUT2D eigenvalue weighted by molar-refractivity contribution is 0.414. The van der Waals surface area contributed by atoms with E-state index >= 15 is 0 Å². The van der Waals surface area contributed by atoms with Gasteiger partial charge in [0.2, 0.25) is 0 Å². The SMILES string of the molecule is C=CCCC(=C)NCc1cc(OC)ccc1C. The molecule has 92 valence electrons. The Labute approximate surface area is 104 Å². The first-order chi connectivity index (χ1) is 8.17. The van der Waals surface area contributed by atoms with Crippen LogP contribution < -0.4 is 10.1 Å². The molecule has 17 heavy (non-hydrogen) atoms. The minimum absolute atomic E-state index is 0.791. The van der Waals surface area contributed by atoms with E-state index in [1.807, 2.05) is 12.1 Å². The monoisotopic (exact) mass is 231 g/mol. The third-order valence-corrected chi connectivity index (χ3v) is 2.74. The number of methoxy groups -OCH3 is 1. The number of benzene rings is 1. The quantitative estimate of drug-likeness (QED) is 0.724. The average Bonchev–Trinajstić information content (AvgIpc) is 2.35. The predicted molar refractivity (Wildman–Crippen MR) is 73.1 cm³/mol. The van der Waals surface area contributed by atoms with E-state index in [2.05, 4.69) is 37.5 Å². The van der Waals surface area contributed by atoms with Crippen LogP contribution in [0.1, 0.15) is 24.0 Å². The zero-order chi connectivity index (χ0) is 12.7. The van der Waals surface area contributed by atoms with E-state index in [0.29, 0.717) is 0 Å². The first-order valence-corrected chi connectivity index (χ1v) is 5.83. The molecular formula is C15H21NO. The number of hydrogen-bond acceptors (Lipinski definition) is 2. The van der Waals surface area contributed by atoms with Crippen LogP contribution in [0.5, 0.6) is 5.75 Å². The van der Waals surface area contributed by atoms with Crippen LogP contribution in [0.15, 0.2) is 43.1 Å². The Morgan fingerprint density at radius 1 is 1.47 bits per heavy atom. The molecule has 0 bridgehead atoms. The van der Waals surface area contributed by atoms with Gasteiger partial charge in [-0.15, -0.1) is 6.58 Å². The summed E-state index contributed by atoms with van der Waals surface area (Å²) < 4.78 is 5.22. The highest BCUT2D eigenvalue weighted by molar-refractivity contribution is 5.35. The summed E-state index contributed by atoms with van der Waals surface area (Å²) in [5.74, 6) is 0.893. The van der Waals surface area contributed by atoms with E-state index in [4.69, 9.17) is 4.74 Å². The molecule has 0 saturated heterocycles. The van der Waals surface area contributed by atoms with Gasteiger partial charge >= 0.3 is 0 Å². The maximum atomic E-state index is 5.22. The molecule has 0 saturated carbocycles. The predicted octanol–water partition coefficient (Wildman–Crippen LogP) is 3.57. The van der Waals surface area contributed by atoms with E-state index in [0.717, 1.165) is 30.8 Å². The van der Waals surface area contributed by atoms with Crippen LogP contribution in [-0.4, -0.2) is 7.11 Å². The highest BCUT2D eigenvalue weighted by atomic mass is 16.5. The van der Waals surface area contributed by atoms with Crippen LogP contribution in [0.25, 0.3) is 0 Å². The molecule has 1 N–H and O–H groups in total. The van der Waals surface area contributed by atoms with Crippen LogP contribution in [0, 0.1) is 6.92 Å². The first-order valence-electron chi connectivity index (χ1n) is 5.83. The van der Waals surface area contributed by atoms with Gasteiger partial charge in [-0.25, -0.2) is 0 Å². The molecule has 0 atom stereocenters. The highest BCUT2D eigenvalue weighted by Crippen LogP contribution is 2.17. The van der Waals surface area contributed by atoms with Gasteiger partial charge in [0, 0.05) is 12.2 Å². The second-order valence-electron chi connectivity index (χ2n) is 4.08. The van der Waals surface area contributed by atoms with E-state index in [9.17, 15) is 0 Å². The van der Waals surface area contributed by atoms with E-state index < -0.39 is 0 Å². The Morgan fingerprint density at radius 3 is 2.88 bits per heavy atom. The summed E-state index contributed by atoms with van der Waals surface area (Å²) >= 11 is 0. The summed E-state index contributed by atoms with van der Waals surface area (Å²) in [5.41, 5.74) is 3.55. The largest absolute Gasteiger partial charge is 0.497 e. The second-order valence-corrected chi connectivity index (χ2v) is 4.08. The number of rotatable bonds is 7. The first kappa shape index (κ1) is 13.4. The van der Waals surface area contributed by atoms with Gasteiger partial charge in [-0.2, -0.15) is 0 Å². The van der Waals surface area contributed by atoms with Gasteiger partial charge < -0.3 is 10.1 Å². The molecule has 0 radical (unpaired) electrons. The number of hydrogen-bond donors (Lipinski definition) is 1. The van der Waals surface area contributed by atoms with Crippen molar-refractivity contribution in [3.8, 4) is 5.75 Å². The fraction of sp³-hybridized carbons (Fsp3) is 0.333. The number of aryl methyl sites for hydroxylation is 1. The summed E-state index contributed by atoms with van der Waals surface area (Å²) in [6.45, 7) is 10.6. The molecule has 0 amide bonds. The van der Waals surface area contributed by atoms with Crippen LogP contribution in [0.3, 0.4) is 0 Å². The minimum atomic E-state index is 0.791. The molecule has 0 spiro atoms. The number of nitrogens with one attached hydrogen (secondary N) is 1. The Bertz CT molecular complexity index is 396. The van der Waals surface area contributed by atoms with Crippen LogP contribution in [0.4, 0.5) is 0 Å². The van der Waals surface area contributed by atoms with Crippen molar-refractivity contribution in [3.05, 3.63) is 54.3 Å². The molecular weight excluding hydrogens is 210 g/mol. The topological polar surface area (TPSA) is 21.3 Å². The molecule has 0 aliphatic carbocycles. The molecule has 1 rings (SSSR count). The standard InChI is InChI=1S/C15H21NO/c1-5-6-7-13(3)16-11-14-10-15(17-4)9-8-12(14)2/h5,8-10,16H,1,3,6-7,11H2,2,4H3. The van der Waals surface area contributed by atoms with Crippen molar-refractivity contribution >= 4 is 0 Å². The molecule has 0 aromatic heterocycles. The number of ether oxygens (including phenoxy) is 1. The normalized spacial score (nSPS) is 9.76. The smallest absolute Gasteiger partial charge is 0.119 e. The van der Waals surface area contributed by atoms with E-state index in [-0.39, 0.29) is 0 Å². The summed E-state index contributed by atoms with van der Waals surface area (Å²) in [5, 5.41) is 3.33. The van der Waals surface area contributed by atoms with E-state index in [1.165, 1.54) is 11.1 Å². The lowest BCUT2D eigenvalue weighted by atomic mass is 10.1. The number of allylic oxidation sites excluding steroid dienone is 2. The maximum Gasteiger partial charge on any atom is 0.119 e. The minimum Gasteiger partial charge on any atom is -0.497 e. The zero-order valence-corrected chi connectivity index (χ0v) is 10.8. The lowest BCUT2D eigenvalue weighted by Gasteiger charge is -2.12. The Balaban J connectivity index is 2.56. The van der Waals surface area contributed by atoms with Crippen molar-refractivity contribution in [2.24, 2.45) is 0 Å². The molecule has 1 aromatic rings. The molecule has 2 nitrogen and oxygen atoms in total. The van der Waals surface area contributed by atoms with Gasteiger partial charge in [-0.05, 0) is 43.0 Å². The van der Waals surface area contributed by atoms with Crippen molar-refractivity contribution in [3.63, 3.8) is 0 Å². The third kappa shape index (κ3) is 4.35. The van der Waals surface area contributed by atoms with Crippen molar-refractivity contribution in [1.29, 1.82) is 0 Å². The lowest BCUT2D eigenvalue weighted by Crippen LogP contribution is -2.12. The summed E-state index contributed by atoms with van der Waals surface area (Å²) in [6.07, 6.45) is 3.80. The van der Waals surface area contributed by atoms with Gasteiger partial charge in [-0.3, -0.25) is 0 Å². The van der Waals surface area contributed by atoms with Crippen LogP contribution in [0.2, 0.25) is 0 Å². The van der Waals surface area contributed by atoms with Gasteiger partial charge in [0.25, 0.3) is 0 Å². The van der Waals surface area contributed by atoms with Gasteiger partial charge in [0.05, 0.1) is 7.11 Å². The summed E-state index contributed by atoms with van der Waals surface area (Å²) in [4.78, 5) is 0. The fourth-order valence-corrected chi connectivity index (χ4v) is 1.55. The maximum absolute atomic E-state index is 5.22.